The summed E-state index contributed by atoms with van der Waals surface area (Å²) in [7, 11) is -3.68. The summed E-state index contributed by atoms with van der Waals surface area (Å²) in [6, 6.07) is 5.61. The number of dihydropyridines is 1. The van der Waals surface area contributed by atoms with E-state index in [1.165, 1.54) is 18.2 Å². The summed E-state index contributed by atoms with van der Waals surface area (Å²) < 4.78 is 34.7. The summed E-state index contributed by atoms with van der Waals surface area (Å²) in [5, 5.41) is 14.4. The Labute approximate surface area is 204 Å². The van der Waals surface area contributed by atoms with Crippen molar-refractivity contribution in [2.24, 2.45) is 0 Å². The Morgan fingerprint density at radius 2 is 1.57 bits per heavy atom. The van der Waals surface area contributed by atoms with Crippen LogP contribution >= 0.6 is 7.60 Å². The van der Waals surface area contributed by atoms with Gasteiger partial charge in [-0.3, -0.25) is 14.7 Å². The lowest BCUT2D eigenvalue weighted by atomic mass is 9.80. The Hall–Kier alpha value is -3.01. The molecule has 1 heterocycles. The molecule has 35 heavy (non-hydrogen) atoms. The maximum absolute atomic E-state index is 13.4. The van der Waals surface area contributed by atoms with Gasteiger partial charge in [-0.05, 0) is 40.2 Å². The quantitative estimate of drug-likeness (QED) is 0.188. The summed E-state index contributed by atoms with van der Waals surface area (Å²) in [5.74, 6) is -2.56. The van der Waals surface area contributed by atoms with Gasteiger partial charge < -0.3 is 23.8 Å². The number of esters is 2. The number of ether oxygens (including phenoxy) is 2. The Morgan fingerprint density at radius 1 is 1.00 bits per heavy atom. The number of nitrogens with zero attached hydrogens (tertiary/aromatic N) is 1. The Bertz CT molecular complexity index is 1070. The van der Waals surface area contributed by atoms with Crippen LogP contribution in [0.25, 0.3) is 0 Å². The van der Waals surface area contributed by atoms with Gasteiger partial charge in [0.05, 0.1) is 54.6 Å². The molecule has 1 aliphatic rings. The van der Waals surface area contributed by atoms with Crippen LogP contribution in [-0.4, -0.2) is 49.5 Å². The van der Waals surface area contributed by atoms with Crippen LogP contribution in [0, 0.1) is 10.1 Å². The zero-order valence-electron chi connectivity index (χ0n) is 20.5. The van der Waals surface area contributed by atoms with E-state index in [9.17, 15) is 24.3 Å². The lowest BCUT2D eigenvalue weighted by molar-refractivity contribution is -0.384. The van der Waals surface area contributed by atoms with Crippen LogP contribution in [0.5, 0.6) is 0 Å². The van der Waals surface area contributed by atoms with E-state index in [1.54, 1.807) is 40.7 Å². The summed E-state index contributed by atoms with van der Waals surface area (Å²) in [6.45, 7) is 8.51. The van der Waals surface area contributed by atoms with Crippen molar-refractivity contribution in [3.8, 4) is 0 Å². The summed E-state index contributed by atoms with van der Waals surface area (Å²) >= 11 is 0. The largest absolute Gasteiger partial charge is 0.463 e. The van der Waals surface area contributed by atoms with Gasteiger partial charge in [0.15, 0.2) is 0 Å². The molecule has 0 aliphatic carbocycles. The van der Waals surface area contributed by atoms with E-state index in [2.05, 4.69) is 5.32 Å². The predicted octanol–water partition coefficient (Wildman–Crippen LogP) is 4.20. The molecule has 0 saturated carbocycles. The zero-order chi connectivity index (χ0) is 26.2. The van der Waals surface area contributed by atoms with Crippen LogP contribution < -0.4 is 5.32 Å². The first-order valence-corrected chi connectivity index (χ1v) is 13.0. The molecule has 0 bridgehead atoms. The normalized spacial score (nSPS) is 16.1. The van der Waals surface area contributed by atoms with E-state index in [1.807, 2.05) is 0 Å². The van der Waals surface area contributed by atoms with E-state index in [0.29, 0.717) is 11.3 Å². The molecule has 0 spiro atoms. The van der Waals surface area contributed by atoms with Gasteiger partial charge in [0, 0.05) is 23.5 Å². The first-order valence-electron chi connectivity index (χ1n) is 11.3. The molecule has 0 saturated heterocycles. The summed E-state index contributed by atoms with van der Waals surface area (Å²) in [4.78, 5) is 37.1. The number of nitro benzene ring substituents is 1. The summed E-state index contributed by atoms with van der Waals surface area (Å²) in [6.07, 6.45) is -0.304. The molecule has 1 unspecified atom stereocenters. The number of carbonyl (C=O) groups excluding carboxylic acids is 2. The zero-order valence-corrected chi connectivity index (χ0v) is 21.4. The third-order valence-corrected chi connectivity index (χ3v) is 7.06. The Kier molecular flexibility index (Phi) is 10.2. The lowest BCUT2D eigenvalue weighted by Gasteiger charge is -2.32. The van der Waals surface area contributed by atoms with E-state index in [4.69, 9.17) is 18.5 Å². The van der Waals surface area contributed by atoms with Gasteiger partial charge in [-0.15, -0.1) is 0 Å². The minimum atomic E-state index is -3.68. The number of benzene rings is 1. The molecule has 1 aromatic carbocycles. The second kappa shape index (κ2) is 12.6. The minimum Gasteiger partial charge on any atom is -0.463 e. The second-order valence-electron chi connectivity index (χ2n) is 7.39. The molecule has 0 amide bonds. The van der Waals surface area contributed by atoms with Gasteiger partial charge in [0.2, 0.25) is 0 Å². The molecule has 1 aromatic rings. The maximum atomic E-state index is 13.4. The van der Waals surface area contributed by atoms with Crippen LogP contribution in [-0.2, 0) is 32.7 Å². The first-order chi connectivity index (χ1) is 16.6. The highest BCUT2D eigenvalue weighted by Crippen LogP contribution is 2.51. The van der Waals surface area contributed by atoms with Crippen LogP contribution in [0.15, 0.2) is 46.8 Å². The maximum Gasteiger partial charge on any atom is 0.336 e. The van der Waals surface area contributed by atoms with E-state index in [-0.39, 0.29) is 55.1 Å². The van der Waals surface area contributed by atoms with Crippen molar-refractivity contribution in [1.29, 1.82) is 0 Å². The molecule has 1 N–H and O–H groups in total. The number of nitrogens with one attached hydrogen (secondary N) is 1. The first kappa shape index (κ1) is 28.2. The average Bonchev–Trinajstić information content (AvgIpc) is 2.79. The number of non-ortho nitro benzene ring substituents is 1. The van der Waals surface area contributed by atoms with E-state index in [0.717, 1.165) is 0 Å². The van der Waals surface area contributed by atoms with Gasteiger partial charge in [0.25, 0.3) is 5.69 Å². The molecule has 1 aliphatic heterocycles. The SMILES string of the molecule is CCOC(=O)C1=C(C)NC(CP(=O)(OCC)OCC)=C(C(=O)OCC)C1c1cccc([N+](=O)[O-])c1. The third kappa shape index (κ3) is 6.78. The predicted molar refractivity (Wildman–Crippen MR) is 128 cm³/mol. The van der Waals surface area contributed by atoms with Crippen molar-refractivity contribution in [1.82, 2.24) is 5.32 Å². The number of nitro groups is 1. The molecule has 1 atom stereocenters. The Morgan fingerprint density at radius 3 is 2.09 bits per heavy atom. The molecule has 0 aromatic heterocycles. The standard InChI is InChI=1S/C23H31N2O9P/c1-6-31-22(26)19-15(5)24-18(14-35(30,33-8-3)34-9-4)21(23(27)32-7-2)20(19)16-11-10-12-17(13-16)25(28)29/h10-13,20,24H,6-9,14H2,1-5H3. The topological polar surface area (TPSA) is 143 Å². The number of carbonyl (C=O) groups is 2. The number of allylic oxidation sites excluding steroid dienone is 2. The molecule has 192 valence electrons. The number of hydrogen-bond donors (Lipinski definition) is 1. The Balaban J connectivity index is 2.82. The molecule has 11 nitrogen and oxygen atoms in total. The fourth-order valence-electron chi connectivity index (χ4n) is 3.82. The number of rotatable bonds is 12. The van der Waals surface area contributed by atoms with E-state index >= 15 is 0 Å². The van der Waals surface area contributed by atoms with Crippen molar-refractivity contribution in [3.05, 3.63) is 62.5 Å². The monoisotopic (exact) mass is 510 g/mol. The van der Waals surface area contributed by atoms with Crippen molar-refractivity contribution in [3.63, 3.8) is 0 Å². The highest BCUT2D eigenvalue weighted by atomic mass is 31.2. The average molecular weight is 510 g/mol. The van der Waals surface area contributed by atoms with Crippen molar-refractivity contribution >= 4 is 25.2 Å². The highest BCUT2D eigenvalue weighted by molar-refractivity contribution is 7.54. The van der Waals surface area contributed by atoms with Gasteiger partial charge in [-0.25, -0.2) is 9.59 Å². The van der Waals surface area contributed by atoms with Crippen molar-refractivity contribution < 1.29 is 37.6 Å². The van der Waals surface area contributed by atoms with E-state index < -0.39 is 30.4 Å². The van der Waals surface area contributed by atoms with Gasteiger partial charge in [0.1, 0.15) is 0 Å². The molecule has 12 heteroatoms. The fraction of sp³-hybridized carbons (Fsp3) is 0.478. The third-order valence-electron chi connectivity index (χ3n) is 5.05. The fourth-order valence-corrected chi connectivity index (χ4v) is 5.50. The molecule has 2 rings (SSSR count). The van der Waals surface area contributed by atoms with Crippen molar-refractivity contribution in [2.45, 2.75) is 40.5 Å². The van der Waals surface area contributed by atoms with Crippen LogP contribution in [0.3, 0.4) is 0 Å². The highest BCUT2D eigenvalue weighted by Gasteiger charge is 2.41. The van der Waals surface area contributed by atoms with Gasteiger partial charge in [-0.2, -0.15) is 0 Å². The lowest BCUT2D eigenvalue weighted by Crippen LogP contribution is -2.34. The molecular formula is C23H31N2O9P. The molecular weight excluding hydrogens is 479 g/mol. The van der Waals surface area contributed by atoms with Crippen LogP contribution in [0.2, 0.25) is 0 Å². The smallest absolute Gasteiger partial charge is 0.336 e. The van der Waals surface area contributed by atoms with Crippen molar-refractivity contribution in [2.75, 3.05) is 32.6 Å². The number of hydrogen-bond acceptors (Lipinski definition) is 10. The second-order valence-corrected chi connectivity index (χ2v) is 9.44. The summed E-state index contributed by atoms with van der Waals surface area (Å²) in [5.41, 5.74) is 0.646. The van der Waals surface area contributed by atoms with Gasteiger partial charge >= 0.3 is 19.5 Å². The molecule has 0 fully saturated rings. The molecule has 0 radical (unpaired) electrons. The van der Waals surface area contributed by atoms with Gasteiger partial charge in [-0.1, -0.05) is 12.1 Å². The van der Waals surface area contributed by atoms with Crippen LogP contribution in [0.4, 0.5) is 5.69 Å². The van der Waals surface area contributed by atoms with Crippen LogP contribution in [0.1, 0.15) is 46.1 Å². The minimum absolute atomic E-state index is 0.0272.